The van der Waals surface area contributed by atoms with Crippen molar-refractivity contribution in [2.75, 3.05) is 0 Å². The average molecular weight is 276 g/mol. The Hall–Kier alpha value is -1.35. The summed E-state index contributed by atoms with van der Waals surface area (Å²) in [5.74, 6) is 1.64. The Balaban J connectivity index is 1.99. The van der Waals surface area contributed by atoms with E-state index < -0.39 is 0 Å². The second-order valence-electron chi connectivity index (χ2n) is 5.45. The zero-order chi connectivity index (χ0) is 13.2. The predicted molar refractivity (Wildman–Crippen MR) is 77.1 cm³/mol. The molecule has 2 aromatic rings. The van der Waals surface area contributed by atoms with Gasteiger partial charge in [0.1, 0.15) is 0 Å². The topological polar surface area (TPSA) is 30.7 Å². The SMILES string of the molecule is CC1CCCC(n2c(Cl)nnc2-c2ccccc2)C1. The van der Waals surface area contributed by atoms with E-state index in [9.17, 15) is 0 Å². The first-order chi connectivity index (χ1) is 9.25. The molecule has 2 atom stereocenters. The highest BCUT2D eigenvalue weighted by Crippen LogP contribution is 2.36. The zero-order valence-electron chi connectivity index (χ0n) is 11.1. The summed E-state index contributed by atoms with van der Waals surface area (Å²) in [6, 6.07) is 10.6. The maximum atomic E-state index is 6.27. The molecule has 1 aromatic carbocycles. The molecule has 1 aromatic heterocycles. The van der Waals surface area contributed by atoms with Crippen molar-refractivity contribution < 1.29 is 0 Å². The highest BCUT2D eigenvalue weighted by atomic mass is 35.5. The molecule has 1 aliphatic rings. The first-order valence-electron chi connectivity index (χ1n) is 6.91. The summed E-state index contributed by atoms with van der Waals surface area (Å²) in [6.45, 7) is 2.31. The van der Waals surface area contributed by atoms with Crippen LogP contribution in [-0.4, -0.2) is 14.8 Å². The number of nitrogens with zero attached hydrogens (tertiary/aromatic N) is 3. The van der Waals surface area contributed by atoms with E-state index in [-0.39, 0.29) is 0 Å². The van der Waals surface area contributed by atoms with E-state index in [0.29, 0.717) is 11.3 Å². The van der Waals surface area contributed by atoms with Crippen molar-refractivity contribution in [2.24, 2.45) is 5.92 Å². The van der Waals surface area contributed by atoms with Crippen LogP contribution in [0, 0.1) is 5.92 Å². The van der Waals surface area contributed by atoms with E-state index in [2.05, 4.69) is 33.8 Å². The van der Waals surface area contributed by atoms with E-state index in [1.807, 2.05) is 18.2 Å². The summed E-state index contributed by atoms with van der Waals surface area (Å²) in [4.78, 5) is 0. The Labute approximate surface area is 118 Å². The normalized spacial score (nSPS) is 23.5. The Morgan fingerprint density at radius 3 is 2.68 bits per heavy atom. The quantitative estimate of drug-likeness (QED) is 0.816. The van der Waals surface area contributed by atoms with Gasteiger partial charge in [0.05, 0.1) is 0 Å². The van der Waals surface area contributed by atoms with Crippen molar-refractivity contribution in [1.29, 1.82) is 0 Å². The van der Waals surface area contributed by atoms with Gasteiger partial charge in [0.15, 0.2) is 5.82 Å². The van der Waals surface area contributed by atoms with Crippen molar-refractivity contribution in [3.63, 3.8) is 0 Å². The fourth-order valence-corrected chi connectivity index (χ4v) is 3.27. The van der Waals surface area contributed by atoms with Crippen molar-refractivity contribution in [2.45, 2.75) is 38.6 Å². The smallest absolute Gasteiger partial charge is 0.225 e. The molecule has 0 amide bonds. The molecule has 0 aliphatic heterocycles. The largest absolute Gasteiger partial charge is 0.295 e. The van der Waals surface area contributed by atoms with Crippen molar-refractivity contribution in [3.8, 4) is 11.4 Å². The van der Waals surface area contributed by atoms with E-state index in [4.69, 9.17) is 11.6 Å². The van der Waals surface area contributed by atoms with Gasteiger partial charge in [-0.15, -0.1) is 10.2 Å². The maximum absolute atomic E-state index is 6.27. The summed E-state index contributed by atoms with van der Waals surface area (Å²) in [5.41, 5.74) is 1.08. The van der Waals surface area contributed by atoms with Gasteiger partial charge in [-0.2, -0.15) is 0 Å². The van der Waals surface area contributed by atoms with Gasteiger partial charge in [-0.25, -0.2) is 0 Å². The number of rotatable bonds is 2. The van der Waals surface area contributed by atoms with Gasteiger partial charge < -0.3 is 0 Å². The van der Waals surface area contributed by atoms with E-state index >= 15 is 0 Å². The monoisotopic (exact) mass is 275 g/mol. The van der Waals surface area contributed by atoms with Crippen molar-refractivity contribution >= 4 is 11.6 Å². The number of aromatic nitrogens is 3. The lowest BCUT2D eigenvalue weighted by atomic mass is 9.87. The molecule has 4 heteroatoms. The molecule has 19 heavy (non-hydrogen) atoms. The van der Waals surface area contributed by atoms with Crippen LogP contribution < -0.4 is 0 Å². The van der Waals surface area contributed by atoms with Gasteiger partial charge in [0.2, 0.25) is 5.28 Å². The molecule has 1 fully saturated rings. The van der Waals surface area contributed by atoms with Crippen LogP contribution in [0.5, 0.6) is 0 Å². The van der Waals surface area contributed by atoms with E-state index in [1.165, 1.54) is 19.3 Å². The van der Waals surface area contributed by atoms with Crippen LogP contribution in [0.15, 0.2) is 30.3 Å². The Morgan fingerprint density at radius 2 is 1.95 bits per heavy atom. The fourth-order valence-electron chi connectivity index (χ4n) is 3.02. The van der Waals surface area contributed by atoms with Crippen LogP contribution in [-0.2, 0) is 0 Å². The molecule has 0 bridgehead atoms. The lowest BCUT2D eigenvalue weighted by molar-refractivity contribution is 0.284. The third-order valence-electron chi connectivity index (χ3n) is 3.96. The average Bonchev–Trinajstić information content (AvgIpc) is 2.82. The molecule has 1 aliphatic carbocycles. The van der Waals surface area contributed by atoms with Crippen LogP contribution in [0.25, 0.3) is 11.4 Å². The lowest BCUT2D eigenvalue weighted by Crippen LogP contribution is -2.18. The van der Waals surface area contributed by atoms with Gasteiger partial charge in [-0.1, -0.05) is 50.1 Å². The summed E-state index contributed by atoms with van der Waals surface area (Å²) in [6.07, 6.45) is 4.91. The predicted octanol–water partition coefficient (Wildman–Crippen LogP) is 4.35. The fraction of sp³-hybridized carbons (Fsp3) is 0.467. The molecular weight excluding hydrogens is 258 g/mol. The van der Waals surface area contributed by atoms with Gasteiger partial charge in [0.25, 0.3) is 0 Å². The standard InChI is InChI=1S/C15H18ClN3/c1-11-6-5-9-13(10-11)19-14(17-18-15(19)16)12-7-3-2-4-8-12/h2-4,7-8,11,13H,5-6,9-10H2,1H3. The highest BCUT2D eigenvalue weighted by molar-refractivity contribution is 6.28. The summed E-state index contributed by atoms with van der Waals surface area (Å²) in [7, 11) is 0. The molecule has 3 nitrogen and oxygen atoms in total. The molecule has 0 spiro atoms. The first-order valence-corrected chi connectivity index (χ1v) is 7.29. The number of hydrogen-bond donors (Lipinski definition) is 0. The van der Waals surface area contributed by atoms with Gasteiger partial charge in [0, 0.05) is 11.6 Å². The zero-order valence-corrected chi connectivity index (χ0v) is 11.8. The maximum Gasteiger partial charge on any atom is 0.225 e. The molecule has 100 valence electrons. The van der Waals surface area contributed by atoms with Crippen LogP contribution in [0.1, 0.15) is 38.6 Å². The lowest BCUT2D eigenvalue weighted by Gasteiger charge is -2.28. The highest BCUT2D eigenvalue weighted by Gasteiger charge is 2.25. The third-order valence-corrected chi connectivity index (χ3v) is 4.22. The number of hydrogen-bond acceptors (Lipinski definition) is 2. The Bertz CT molecular complexity index is 550. The minimum Gasteiger partial charge on any atom is -0.295 e. The van der Waals surface area contributed by atoms with Gasteiger partial charge >= 0.3 is 0 Å². The number of halogens is 1. The van der Waals surface area contributed by atoms with Gasteiger partial charge in [-0.05, 0) is 30.4 Å². The molecule has 3 rings (SSSR count). The first kappa shape index (κ1) is 12.7. The summed E-state index contributed by atoms with van der Waals surface area (Å²) in [5, 5.41) is 8.85. The van der Waals surface area contributed by atoms with E-state index in [0.717, 1.165) is 23.7 Å². The molecule has 0 saturated heterocycles. The molecule has 0 N–H and O–H groups in total. The second kappa shape index (κ2) is 5.33. The van der Waals surface area contributed by atoms with E-state index in [1.54, 1.807) is 0 Å². The molecule has 1 saturated carbocycles. The number of benzene rings is 1. The van der Waals surface area contributed by atoms with Crippen LogP contribution in [0.4, 0.5) is 0 Å². The van der Waals surface area contributed by atoms with Crippen molar-refractivity contribution in [1.82, 2.24) is 14.8 Å². The molecule has 1 heterocycles. The van der Waals surface area contributed by atoms with Gasteiger partial charge in [-0.3, -0.25) is 4.57 Å². The van der Waals surface area contributed by atoms with Crippen LogP contribution in [0.3, 0.4) is 0 Å². The summed E-state index contributed by atoms with van der Waals surface area (Å²) >= 11 is 6.27. The Kier molecular flexibility index (Phi) is 3.56. The molecular formula is C15H18ClN3. The van der Waals surface area contributed by atoms with Crippen molar-refractivity contribution in [3.05, 3.63) is 35.6 Å². The Morgan fingerprint density at radius 1 is 1.16 bits per heavy atom. The molecule has 0 radical (unpaired) electrons. The molecule has 2 unspecified atom stereocenters. The van der Waals surface area contributed by atoms with Crippen LogP contribution >= 0.6 is 11.6 Å². The third kappa shape index (κ3) is 2.52. The minimum atomic E-state index is 0.432. The summed E-state index contributed by atoms with van der Waals surface area (Å²) < 4.78 is 2.12. The minimum absolute atomic E-state index is 0.432. The second-order valence-corrected chi connectivity index (χ2v) is 5.79. The van der Waals surface area contributed by atoms with Crippen LogP contribution in [0.2, 0.25) is 5.28 Å².